The maximum atomic E-state index is 8.77. The van der Waals surface area contributed by atoms with Crippen molar-refractivity contribution >= 4 is 0 Å². The van der Waals surface area contributed by atoms with Gasteiger partial charge in [-0.1, -0.05) is 6.92 Å². The Bertz CT molecular complexity index is 258. The summed E-state index contributed by atoms with van der Waals surface area (Å²) in [6.45, 7) is 6.25. The molecule has 0 radical (unpaired) electrons. The van der Waals surface area contributed by atoms with E-state index in [0.29, 0.717) is 12.6 Å². The Hall–Kier alpha value is -0.800. The zero-order valence-electron chi connectivity index (χ0n) is 9.03. The molecule has 0 bridgehead atoms. The summed E-state index contributed by atoms with van der Waals surface area (Å²) in [7, 11) is 0. The summed E-state index contributed by atoms with van der Waals surface area (Å²) in [5.74, 6) is 0. The first-order chi connectivity index (χ1) is 6.77. The SMILES string of the molecule is CCCNC(C)c1ccn(CCO)c1. The number of aromatic nitrogens is 1. The first kappa shape index (κ1) is 11.3. The molecule has 14 heavy (non-hydrogen) atoms. The summed E-state index contributed by atoms with van der Waals surface area (Å²) in [5, 5.41) is 12.2. The van der Waals surface area contributed by atoms with Crippen molar-refractivity contribution in [3.05, 3.63) is 24.0 Å². The fourth-order valence-electron chi connectivity index (χ4n) is 1.45. The molecule has 80 valence electrons. The monoisotopic (exact) mass is 196 g/mol. The van der Waals surface area contributed by atoms with Crippen LogP contribution >= 0.6 is 0 Å². The van der Waals surface area contributed by atoms with Gasteiger partial charge < -0.3 is 15.0 Å². The van der Waals surface area contributed by atoms with E-state index in [1.165, 1.54) is 5.56 Å². The van der Waals surface area contributed by atoms with Crippen LogP contribution in [0.15, 0.2) is 18.5 Å². The van der Waals surface area contributed by atoms with Gasteiger partial charge in [-0.15, -0.1) is 0 Å². The molecule has 0 aliphatic carbocycles. The van der Waals surface area contributed by atoms with Crippen LogP contribution in [-0.4, -0.2) is 22.8 Å². The van der Waals surface area contributed by atoms with E-state index in [1.807, 2.05) is 10.8 Å². The predicted octanol–water partition coefficient (Wildman–Crippen LogP) is 1.54. The van der Waals surface area contributed by atoms with Crippen LogP contribution in [0.1, 0.15) is 31.9 Å². The van der Waals surface area contributed by atoms with E-state index >= 15 is 0 Å². The normalized spacial score (nSPS) is 13.1. The van der Waals surface area contributed by atoms with E-state index < -0.39 is 0 Å². The molecule has 0 aliphatic heterocycles. The van der Waals surface area contributed by atoms with E-state index in [1.54, 1.807) is 0 Å². The van der Waals surface area contributed by atoms with Gasteiger partial charge in [-0.3, -0.25) is 0 Å². The fraction of sp³-hybridized carbons (Fsp3) is 0.636. The maximum Gasteiger partial charge on any atom is 0.0610 e. The predicted molar refractivity (Wildman–Crippen MR) is 58.2 cm³/mol. The highest BCUT2D eigenvalue weighted by atomic mass is 16.3. The van der Waals surface area contributed by atoms with Crippen molar-refractivity contribution in [2.24, 2.45) is 0 Å². The molecule has 3 nitrogen and oxygen atoms in total. The van der Waals surface area contributed by atoms with Crippen molar-refractivity contribution in [1.82, 2.24) is 9.88 Å². The van der Waals surface area contributed by atoms with E-state index in [0.717, 1.165) is 13.0 Å². The van der Waals surface area contributed by atoms with Gasteiger partial charge >= 0.3 is 0 Å². The molecule has 2 N–H and O–H groups in total. The van der Waals surface area contributed by atoms with Crippen LogP contribution < -0.4 is 5.32 Å². The summed E-state index contributed by atoms with van der Waals surface area (Å²) in [6, 6.07) is 2.50. The Kier molecular flexibility index (Phi) is 4.70. The van der Waals surface area contributed by atoms with Crippen LogP contribution in [0.25, 0.3) is 0 Å². The smallest absolute Gasteiger partial charge is 0.0610 e. The molecule has 1 atom stereocenters. The summed E-state index contributed by atoms with van der Waals surface area (Å²) < 4.78 is 2.01. The van der Waals surface area contributed by atoms with Crippen molar-refractivity contribution in [3.8, 4) is 0 Å². The lowest BCUT2D eigenvalue weighted by molar-refractivity contribution is 0.276. The van der Waals surface area contributed by atoms with E-state index in [9.17, 15) is 0 Å². The number of hydrogen-bond acceptors (Lipinski definition) is 2. The van der Waals surface area contributed by atoms with Gasteiger partial charge in [0.1, 0.15) is 0 Å². The fourth-order valence-corrected chi connectivity index (χ4v) is 1.45. The van der Waals surface area contributed by atoms with Gasteiger partial charge in [0, 0.05) is 25.0 Å². The van der Waals surface area contributed by atoms with Crippen LogP contribution in [0, 0.1) is 0 Å². The lowest BCUT2D eigenvalue weighted by atomic mass is 10.2. The second kappa shape index (κ2) is 5.83. The van der Waals surface area contributed by atoms with Gasteiger partial charge in [-0.2, -0.15) is 0 Å². The van der Waals surface area contributed by atoms with Crippen molar-refractivity contribution < 1.29 is 5.11 Å². The lowest BCUT2D eigenvalue weighted by Crippen LogP contribution is -2.18. The molecule has 1 unspecified atom stereocenters. The summed E-state index contributed by atoms with van der Waals surface area (Å²) in [5.41, 5.74) is 1.28. The molecule has 0 aromatic carbocycles. The third kappa shape index (κ3) is 3.16. The molecule has 1 heterocycles. The van der Waals surface area contributed by atoms with Gasteiger partial charge in [0.25, 0.3) is 0 Å². The first-order valence-electron chi connectivity index (χ1n) is 5.27. The van der Waals surface area contributed by atoms with Crippen molar-refractivity contribution in [2.75, 3.05) is 13.2 Å². The highest BCUT2D eigenvalue weighted by molar-refractivity contribution is 5.14. The lowest BCUT2D eigenvalue weighted by Gasteiger charge is -2.10. The molecule has 1 rings (SSSR count). The molecule has 0 aliphatic rings. The van der Waals surface area contributed by atoms with Gasteiger partial charge in [0.2, 0.25) is 0 Å². The Balaban J connectivity index is 2.48. The average Bonchev–Trinajstić information content (AvgIpc) is 2.63. The molecule has 1 aromatic heterocycles. The topological polar surface area (TPSA) is 37.2 Å². The van der Waals surface area contributed by atoms with Crippen molar-refractivity contribution in [2.45, 2.75) is 32.9 Å². The molecular weight excluding hydrogens is 176 g/mol. The number of aliphatic hydroxyl groups excluding tert-OH is 1. The van der Waals surface area contributed by atoms with Gasteiger partial charge in [-0.05, 0) is 31.5 Å². The van der Waals surface area contributed by atoms with Crippen molar-refractivity contribution in [3.63, 3.8) is 0 Å². The molecule has 0 fully saturated rings. The molecular formula is C11H20N2O. The number of aliphatic hydroxyl groups is 1. The highest BCUT2D eigenvalue weighted by Gasteiger charge is 2.04. The van der Waals surface area contributed by atoms with Crippen molar-refractivity contribution in [1.29, 1.82) is 0 Å². The molecule has 3 heteroatoms. The van der Waals surface area contributed by atoms with E-state index in [2.05, 4.69) is 31.4 Å². The minimum Gasteiger partial charge on any atom is -0.395 e. The molecule has 1 aromatic rings. The van der Waals surface area contributed by atoms with Crippen LogP contribution in [0.5, 0.6) is 0 Å². The zero-order chi connectivity index (χ0) is 10.4. The van der Waals surface area contributed by atoms with Gasteiger partial charge in [-0.25, -0.2) is 0 Å². The quantitative estimate of drug-likeness (QED) is 0.724. The third-order valence-corrected chi connectivity index (χ3v) is 2.33. The summed E-state index contributed by atoms with van der Waals surface area (Å²) in [4.78, 5) is 0. The highest BCUT2D eigenvalue weighted by Crippen LogP contribution is 2.12. The van der Waals surface area contributed by atoms with Gasteiger partial charge in [0.15, 0.2) is 0 Å². The van der Waals surface area contributed by atoms with Gasteiger partial charge in [0.05, 0.1) is 6.61 Å². The maximum absolute atomic E-state index is 8.77. The first-order valence-corrected chi connectivity index (χ1v) is 5.27. The van der Waals surface area contributed by atoms with Crippen LogP contribution in [0.3, 0.4) is 0 Å². The molecule has 0 spiro atoms. The number of nitrogens with one attached hydrogen (secondary N) is 1. The number of hydrogen-bond donors (Lipinski definition) is 2. The standard InChI is InChI=1S/C11H20N2O/c1-3-5-12-10(2)11-4-6-13(9-11)7-8-14/h4,6,9-10,12,14H,3,5,7-8H2,1-2H3. The zero-order valence-corrected chi connectivity index (χ0v) is 9.03. The Morgan fingerprint density at radius 3 is 3.00 bits per heavy atom. The van der Waals surface area contributed by atoms with E-state index in [-0.39, 0.29) is 6.61 Å². The summed E-state index contributed by atoms with van der Waals surface area (Å²) in [6.07, 6.45) is 5.25. The van der Waals surface area contributed by atoms with Crippen LogP contribution in [0.2, 0.25) is 0 Å². The molecule has 0 saturated heterocycles. The minimum atomic E-state index is 0.199. The van der Waals surface area contributed by atoms with Crippen LogP contribution in [0.4, 0.5) is 0 Å². The second-order valence-electron chi connectivity index (χ2n) is 3.58. The molecule has 0 amide bonds. The second-order valence-corrected chi connectivity index (χ2v) is 3.58. The third-order valence-electron chi connectivity index (χ3n) is 2.33. The van der Waals surface area contributed by atoms with Crippen LogP contribution in [-0.2, 0) is 6.54 Å². The average molecular weight is 196 g/mol. The van der Waals surface area contributed by atoms with E-state index in [4.69, 9.17) is 5.11 Å². The Labute approximate surface area is 85.7 Å². The number of rotatable bonds is 6. The summed E-state index contributed by atoms with van der Waals surface area (Å²) >= 11 is 0. The minimum absolute atomic E-state index is 0.199. The largest absolute Gasteiger partial charge is 0.395 e. The Morgan fingerprint density at radius 2 is 2.36 bits per heavy atom. The Morgan fingerprint density at radius 1 is 1.57 bits per heavy atom. The number of nitrogens with zero attached hydrogens (tertiary/aromatic N) is 1. The molecule has 0 saturated carbocycles.